The molecule has 2 heteroatoms. The van der Waals surface area contributed by atoms with Crippen molar-refractivity contribution in [2.24, 2.45) is 11.7 Å². The van der Waals surface area contributed by atoms with Crippen LogP contribution in [0.15, 0.2) is 12.1 Å². The van der Waals surface area contributed by atoms with Crippen LogP contribution in [0, 0.1) is 19.8 Å². The van der Waals surface area contributed by atoms with Gasteiger partial charge in [0.05, 0.1) is 6.61 Å². The Morgan fingerprint density at radius 2 is 1.74 bits per heavy atom. The standard InChI is InChI=1S/C17H27NO/c1-13-10-16(8-9-18)11-14(2)17(13)19-12-15-6-4-3-5-7-15/h10-11,15H,3-9,12,18H2,1-2H3. The second-order valence-corrected chi connectivity index (χ2v) is 5.91. The molecule has 0 heterocycles. The normalized spacial score (nSPS) is 16.6. The molecule has 0 aliphatic heterocycles. The maximum atomic E-state index is 6.11. The highest BCUT2D eigenvalue weighted by molar-refractivity contribution is 5.43. The summed E-state index contributed by atoms with van der Waals surface area (Å²) in [6.45, 7) is 5.88. The smallest absolute Gasteiger partial charge is 0.125 e. The van der Waals surface area contributed by atoms with Crippen molar-refractivity contribution in [3.8, 4) is 5.75 Å². The molecule has 0 bridgehead atoms. The van der Waals surface area contributed by atoms with E-state index in [1.54, 1.807) is 0 Å². The van der Waals surface area contributed by atoms with Crippen LogP contribution in [0.3, 0.4) is 0 Å². The average molecular weight is 261 g/mol. The molecule has 0 amide bonds. The monoisotopic (exact) mass is 261 g/mol. The number of hydrogen-bond donors (Lipinski definition) is 1. The molecule has 0 spiro atoms. The first-order valence-electron chi connectivity index (χ1n) is 7.63. The van der Waals surface area contributed by atoms with Gasteiger partial charge in [0.15, 0.2) is 0 Å². The van der Waals surface area contributed by atoms with Crippen LogP contribution in [0.25, 0.3) is 0 Å². The van der Waals surface area contributed by atoms with Gasteiger partial charge < -0.3 is 10.5 Å². The van der Waals surface area contributed by atoms with E-state index in [-0.39, 0.29) is 0 Å². The maximum Gasteiger partial charge on any atom is 0.125 e. The number of rotatable bonds is 5. The molecular weight excluding hydrogens is 234 g/mol. The third kappa shape index (κ3) is 3.97. The molecule has 1 fully saturated rings. The van der Waals surface area contributed by atoms with E-state index in [0.717, 1.165) is 24.7 Å². The number of ether oxygens (including phenoxy) is 1. The fourth-order valence-electron chi connectivity index (χ4n) is 3.13. The molecule has 19 heavy (non-hydrogen) atoms. The summed E-state index contributed by atoms with van der Waals surface area (Å²) in [5.41, 5.74) is 9.44. The van der Waals surface area contributed by atoms with Gasteiger partial charge in [0.1, 0.15) is 5.75 Å². The molecule has 0 saturated heterocycles. The number of aryl methyl sites for hydroxylation is 2. The molecule has 1 aliphatic carbocycles. The van der Waals surface area contributed by atoms with Crippen molar-refractivity contribution in [3.05, 3.63) is 28.8 Å². The Kier molecular flexibility index (Phi) is 5.26. The minimum Gasteiger partial charge on any atom is -0.493 e. The minimum absolute atomic E-state index is 0.709. The van der Waals surface area contributed by atoms with Gasteiger partial charge >= 0.3 is 0 Å². The van der Waals surface area contributed by atoms with Crippen LogP contribution in [-0.2, 0) is 6.42 Å². The third-order valence-corrected chi connectivity index (χ3v) is 4.14. The van der Waals surface area contributed by atoms with E-state index in [2.05, 4.69) is 26.0 Å². The summed E-state index contributed by atoms with van der Waals surface area (Å²) < 4.78 is 6.11. The van der Waals surface area contributed by atoms with Gasteiger partial charge in [-0.05, 0) is 62.3 Å². The average Bonchev–Trinajstić information content (AvgIpc) is 2.39. The molecule has 1 aromatic carbocycles. The summed E-state index contributed by atoms with van der Waals surface area (Å²) >= 11 is 0. The molecule has 1 aliphatic rings. The van der Waals surface area contributed by atoms with Crippen molar-refractivity contribution < 1.29 is 4.74 Å². The van der Waals surface area contributed by atoms with E-state index in [4.69, 9.17) is 10.5 Å². The molecular formula is C17H27NO. The Morgan fingerprint density at radius 1 is 1.11 bits per heavy atom. The van der Waals surface area contributed by atoms with Crippen molar-refractivity contribution in [2.45, 2.75) is 52.4 Å². The topological polar surface area (TPSA) is 35.2 Å². The van der Waals surface area contributed by atoms with Gasteiger partial charge in [0.25, 0.3) is 0 Å². The Hall–Kier alpha value is -1.02. The highest BCUT2D eigenvalue weighted by Gasteiger charge is 2.15. The number of benzene rings is 1. The first kappa shape index (κ1) is 14.4. The van der Waals surface area contributed by atoms with E-state index in [1.165, 1.54) is 48.8 Å². The fourth-order valence-corrected chi connectivity index (χ4v) is 3.13. The van der Waals surface area contributed by atoms with Gasteiger partial charge in [-0.25, -0.2) is 0 Å². The van der Waals surface area contributed by atoms with Gasteiger partial charge in [-0.3, -0.25) is 0 Å². The summed E-state index contributed by atoms with van der Waals surface area (Å²) in [5.74, 6) is 1.85. The maximum absolute atomic E-state index is 6.11. The van der Waals surface area contributed by atoms with Crippen molar-refractivity contribution in [1.29, 1.82) is 0 Å². The lowest BCUT2D eigenvalue weighted by molar-refractivity contribution is 0.207. The summed E-state index contributed by atoms with van der Waals surface area (Å²) in [6, 6.07) is 4.44. The van der Waals surface area contributed by atoms with Crippen LogP contribution in [0.5, 0.6) is 5.75 Å². The minimum atomic E-state index is 0.709. The molecule has 1 aromatic rings. The molecule has 2 nitrogen and oxygen atoms in total. The Labute approximate surface area is 117 Å². The SMILES string of the molecule is Cc1cc(CCN)cc(C)c1OCC1CCCCC1. The Balaban J connectivity index is 1.99. The zero-order valence-electron chi connectivity index (χ0n) is 12.4. The molecule has 0 atom stereocenters. The van der Waals surface area contributed by atoms with Crippen LogP contribution >= 0.6 is 0 Å². The lowest BCUT2D eigenvalue weighted by Gasteiger charge is -2.23. The predicted octanol–water partition coefficient (Wildman–Crippen LogP) is 3.76. The second kappa shape index (κ2) is 6.95. The molecule has 0 aromatic heterocycles. The first-order chi connectivity index (χ1) is 9.20. The van der Waals surface area contributed by atoms with Crippen LogP contribution in [0.4, 0.5) is 0 Å². The van der Waals surface area contributed by atoms with Gasteiger partial charge in [-0.15, -0.1) is 0 Å². The van der Waals surface area contributed by atoms with Gasteiger partial charge in [0, 0.05) is 0 Å². The quantitative estimate of drug-likeness (QED) is 0.876. The molecule has 0 unspecified atom stereocenters. The fraction of sp³-hybridized carbons (Fsp3) is 0.647. The van der Waals surface area contributed by atoms with E-state index in [1.807, 2.05) is 0 Å². The molecule has 2 rings (SSSR count). The van der Waals surface area contributed by atoms with Crippen molar-refractivity contribution in [1.82, 2.24) is 0 Å². The third-order valence-electron chi connectivity index (χ3n) is 4.14. The number of nitrogens with two attached hydrogens (primary N) is 1. The van der Waals surface area contributed by atoms with E-state index in [9.17, 15) is 0 Å². The zero-order valence-corrected chi connectivity index (χ0v) is 12.4. The van der Waals surface area contributed by atoms with E-state index >= 15 is 0 Å². The van der Waals surface area contributed by atoms with Crippen LogP contribution < -0.4 is 10.5 Å². The molecule has 1 saturated carbocycles. The van der Waals surface area contributed by atoms with E-state index in [0.29, 0.717) is 6.54 Å². The zero-order chi connectivity index (χ0) is 13.7. The Bertz CT molecular complexity index is 385. The van der Waals surface area contributed by atoms with Gasteiger partial charge in [-0.1, -0.05) is 31.4 Å². The van der Waals surface area contributed by atoms with E-state index < -0.39 is 0 Å². The summed E-state index contributed by atoms with van der Waals surface area (Å²) in [5, 5.41) is 0. The first-order valence-corrected chi connectivity index (χ1v) is 7.63. The summed E-state index contributed by atoms with van der Waals surface area (Å²) in [6.07, 6.45) is 7.78. The summed E-state index contributed by atoms with van der Waals surface area (Å²) in [4.78, 5) is 0. The lowest BCUT2D eigenvalue weighted by Crippen LogP contribution is -2.16. The Morgan fingerprint density at radius 3 is 2.32 bits per heavy atom. The van der Waals surface area contributed by atoms with Crippen LogP contribution in [0.1, 0.15) is 48.8 Å². The van der Waals surface area contributed by atoms with Crippen molar-refractivity contribution >= 4 is 0 Å². The molecule has 106 valence electrons. The molecule has 0 radical (unpaired) electrons. The highest BCUT2D eigenvalue weighted by atomic mass is 16.5. The predicted molar refractivity (Wildman–Crippen MR) is 80.7 cm³/mol. The molecule has 2 N–H and O–H groups in total. The van der Waals surface area contributed by atoms with Crippen LogP contribution in [-0.4, -0.2) is 13.2 Å². The second-order valence-electron chi connectivity index (χ2n) is 5.91. The summed E-state index contributed by atoms with van der Waals surface area (Å²) in [7, 11) is 0. The largest absolute Gasteiger partial charge is 0.493 e. The van der Waals surface area contributed by atoms with Crippen molar-refractivity contribution in [2.75, 3.05) is 13.2 Å². The van der Waals surface area contributed by atoms with Gasteiger partial charge in [0.2, 0.25) is 0 Å². The van der Waals surface area contributed by atoms with Crippen molar-refractivity contribution in [3.63, 3.8) is 0 Å². The highest BCUT2D eigenvalue weighted by Crippen LogP contribution is 2.28. The lowest BCUT2D eigenvalue weighted by atomic mass is 9.90. The van der Waals surface area contributed by atoms with Crippen LogP contribution in [0.2, 0.25) is 0 Å². The number of hydrogen-bond acceptors (Lipinski definition) is 2. The van der Waals surface area contributed by atoms with Gasteiger partial charge in [-0.2, -0.15) is 0 Å².